The average molecular weight is 336 g/mol. The lowest BCUT2D eigenvalue weighted by Gasteiger charge is -2.09. The quantitative estimate of drug-likeness (QED) is 0.922. The van der Waals surface area contributed by atoms with Gasteiger partial charge in [0.25, 0.3) is 0 Å². The van der Waals surface area contributed by atoms with Gasteiger partial charge in [0.1, 0.15) is 6.26 Å². The summed E-state index contributed by atoms with van der Waals surface area (Å²) in [6, 6.07) is 2.34. The summed E-state index contributed by atoms with van der Waals surface area (Å²) in [4.78, 5) is 10.7. The zero-order chi connectivity index (χ0) is 14.9. The van der Waals surface area contributed by atoms with Gasteiger partial charge < -0.3 is 9.63 Å². The minimum Gasteiger partial charge on any atom is -0.478 e. The van der Waals surface area contributed by atoms with E-state index in [1.54, 1.807) is 0 Å². The fourth-order valence-electron chi connectivity index (χ4n) is 1.56. The minimum absolute atomic E-state index is 0.133. The first-order valence-electron chi connectivity index (χ1n) is 5.15. The van der Waals surface area contributed by atoms with Crippen LogP contribution in [0.15, 0.2) is 34.0 Å². The van der Waals surface area contributed by atoms with Crippen LogP contribution in [0.2, 0.25) is 10.0 Å². The third-order valence-electron chi connectivity index (χ3n) is 2.44. The van der Waals surface area contributed by atoms with Gasteiger partial charge in [0.05, 0.1) is 32.5 Å². The summed E-state index contributed by atoms with van der Waals surface area (Å²) >= 11 is 11.6. The van der Waals surface area contributed by atoms with E-state index in [0.29, 0.717) is 5.56 Å². The van der Waals surface area contributed by atoms with Crippen LogP contribution >= 0.6 is 23.2 Å². The van der Waals surface area contributed by atoms with Gasteiger partial charge in [0, 0.05) is 5.56 Å². The summed E-state index contributed by atoms with van der Waals surface area (Å²) < 4.78 is 29.0. The Morgan fingerprint density at radius 1 is 1.35 bits per heavy atom. The van der Waals surface area contributed by atoms with Crippen molar-refractivity contribution in [2.24, 2.45) is 0 Å². The smallest absolute Gasteiger partial charge is 0.338 e. The second-order valence-electron chi connectivity index (χ2n) is 3.83. The molecule has 0 bridgehead atoms. The van der Waals surface area contributed by atoms with Crippen molar-refractivity contribution in [3.8, 4) is 0 Å². The predicted octanol–water partition coefficient (Wildman–Crippen LogP) is 2.65. The molecule has 0 amide bonds. The van der Waals surface area contributed by atoms with Crippen LogP contribution in [0, 0.1) is 0 Å². The van der Waals surface area contributed by atoms with Crippen LogP contribution in [0.25, 0.3) is 0 Å². The Bertz CT molecular complexity index is 755. The number of sulfone groups is 1. The molecule has 2 rings (SSSR count). The van der Waals surface area contributed by atoms with E-state index in [-0.39, 0.29) is 9.92 Å². The standard InChI is InChI=1S/C11H7Cl2NO5S/c12-7-1-2-8(10(13)9(7)11(15)16)20(17,18)5-6-3-14-19-4-6/h1-4H,5H2,(H,15,16). The highest BCUT2D eigenvalue weighted by Gasteiger charge is 2.25. The fraction of sp³-hybridized carbons (Fsp3) is 0.0909. The maximum atomic E-state index is 12.2. The van der Waals surface area contributed by atoms with Crippen LogP contribution in [0.1, 0.15) is 15.9 Å². The van der Waals surface area contributed by atoms with Crippen LogP contribution in [0.3, 0.4) is 0 Å². The molecular formula is C11H7Cl2NO5S. The van der Waals surface area contributed by atoms with Crippen molar-refractivity contribution < 1.29 is 22.8 Å². The second kappa shape index (κ2) is 5.43. The van der Waals surface area contributed by atoms with E-state index in [0.717, 1.165) is 0 Å². The van der Waals surface area contributed by atoms with Crippen LogP contribution in [-0.4, -0.2) is 24.7 Å². The number of carboxylic acid groups (broad SMARTS) is 1. The first-order valence-corrected chi connectivity index (χ1v) is 7.56. The Morgan fingerprint density at radius 3 is 2.60 bits per heavy atom. The highest BCUT2D eigenvalue weighted by atomic mass is 35.5. The van der Waals surface area contributed by atoms with Gasteiger partial charge >= 0.3 is 5.97 Å². The van der Waals surface area contributed by atoms with Gasteiger partial charge in [-0.25, -0.2) is 13.2 Å². The van der Waals surface area contributed by atoms with E-state index < -0.39 is 32.1 Å². The van der Waals surface area contributed by atoms with E-state index in [2.05, 4.69) is 9.68 Å². The number of carbonyl (C=O) groups is 1. The average Bonchev–Trinajstić information content (AvgIpc) is 2.79. The Labute approximate surface area is 123 Å². The molecule has 1 N–H and O–H groups in total. The number of benzene rings is 1. The van der Waals surface area contributed by atoms with Crippen LogP contribution in [0.4, 0.5) is 0 Å². The maximum absolute atomic E-state index is 12.2. The molecule has 9 heteroatoms. The van der Waals surface area contributed by atoms with E-state index in [9.17, 15) is 13.2 Å². The van der Waals surface area contributed by atoms with Gasteiger partial charge in [-0.05, 0) is 12.1 Å². The van der Waals surface area contributed by atoms with Crippen molar-refractivity contribution in [1.82, 2.24) is 5.16 Å². The third kappa shape index (κ3) is 2.79. The molecule has 1 aromatic carbocycles. The Kier molecular flexibility index (Phi) is 4.03. The summed E-state index contributed by atoms with van der Waals surface area (Å²) in [5.74, 6) is -1.81. The molecular weight excluding hydrogens is 329 g/mol. The van der Waals surface area contributed by atoms with Crippen molar-refractivity contribution in [2.45, 2.75) is 10.6 Å². The molecule has 0 saturated heterocycles. The summed E-state index contributed by atoms with van der Waals surface area (Å²) in [5.41, 5.74) is -0.118. The molecule has 0 radical (unpaired) electrons. The number of aromatic nitrogens is 1. The summed E-state index contributed by atoms with van der Waals surface area (Å²) in [7, 11) is -3.84. The molecule has 0 aliphatic carbocycles. The van der Waals surface area contributed by atoms with Gasteiger partial charge in [0.15, 0.2) is 9.84 Å². The number of carboxylic acids is 1. The van der Waals surface area contributed by atoms with Crippen molar-refractivity contribution >= 4 is 39.0 Å². The van der Waals surface area contributed by atoms with Crippen LogP contribution in [0.5, 0.6) is 0 Å². The van der Waals surface area contributed by atoms with E-state index in [1.165, 1.54) is 24.6 Å². The molecule has 0 atom stereocenters. The van der Waals surface area contributed by atoms with E-state index in [4.69, 9.17) is 28.3 Å². The molecule has 0 aliphatic heterocycles. The van der Waals surface area contributed by atoms with E-state index in [1.807, 2.05) is 0 Å². The van der Waals surface area contributed by atoms with E-state index >= 15 is 0 Å². The highest BCUT2D eigenvalue weighted by molar-refractivity contribution is 7.90. The third-order valence-corrected chi connectivity index (χ3v) is 4.99. The van der Waals surface area contributed by atoms with Crippen LogP contribution < -0.4 is 0 Å². The summed E-state index contributed by atoms with van der Waals surface area (Å²) in [6.45, 7) is 0. The van der Waals surface area contributed by atoms with Crippen molar-refractivity contribution in [3.05, 3.63) is 45.8 Å². The molecule has 0 aliphatic rings. The lowest BCUT2D eigenvalue weighted by molar-refractivity contribution is 0.0697. The minimum atomic E-state index is -3.84. The van der Waals surface area contributed by atoms with Gasteiger partial charge in [0.2, 0.25) is 0 Å². The number of hydrogen-bond acceptors (Lipinski definition) is 5. The zero-order valence-electron chi connectivity index (χ0n) is 9.71. The Hall–Kier alpha value is -1.57. The first kappa shape index (κ1) is 14.8. The molecule has 2 aromatic rings. The largest absolute Gasteiger partial charge is 0.478 e. The number of hydrogen-bond donors (Lipinski definition) is 1. The number of nitrogens with zero attached hydrogens (tertiary/aromatic N) is 1. The van der Waals surface area contributed by atoms with Gasteiger partial charge in [-0.15, -0.1) is 0 Å². The highest BCUT2D eigenvalue weighted by Crippen LogP contribution is 2.32. The number of halogens is 2. The molecule has 0 spiro atoms. The van der Waals surface area contributed by atoms with Crippen molar-refractivity contribution in [1.29, 1.82) is 0 Å². The molecule has 106 valence electrons. The summed E-state index contributed by atoms with van der Waals surface area (Å²) in [6.07, 6.45) is 2.43. The van der Waals surface area contributed by atoms with Gasteiger partial charge in [-0.3, -0.25) is 0 Å². The molecule has 0 unspecified atom stereocenters. The topological polar surface area (TPSA) is 97.5 Å². The zero-order valence-corrected chi connectivity index (χ0v) is 12.0. The molecule has 20 heavy (non-hydrogen) atoms. The first-order chi connectivity index (χ1) is 9.33. The van der Waals surface area contributed by atoms with Crippen molar-refractivity contribution in [2.75, 3.05) is 0 Å². The predicted molar refractivity (Wildman–Crippen MR) is 70.8 cm³/mol. The monoisotopic (exact) mass is 335 g/mol. The molecule has 1 aromatic heterocycles. The second-order valence-corrected chi connectivity index (χ2v) is 6.57. The van der Waals surface area contributed by atoms with Crippen LogP contribution in [-0.2, 0) is 15.6 Å². The van der Waals surface area contributed by atoms with Gasteiger partial charge in [-0.1, -0.05) is 28.4 Å². The Balaban J connectivity index is 2.53. The normalized spacial score (nSPS) is 11.5. The number of rotatable bonds is 4. The van der Waals surface area contributed by atoms with Crippen molar-refractivity contribution in [3.63, 3.8) is 0 Å². The lowest BCUT2D eigenvalue weighted by atomic mass is 10.2. The fourth-order valence-corrected chi connectivity index (χ4v) is 3.84. The SMILES string of the molecule is O=C(O)c1c(Cl)ccc(S(=O)(=O)Cc2cnoc2)c1Cl. The molecule has 6 nitrogen and oxygen atoms in total. The maximum Gasteiger partial charge on any atom is 0.338 e. The number of aromatic carboxylic acids is 1. The Morgan fingerprint density at radius 2 is 2.05 bits per heavy atom. The van der Waals surface area contributed by atoms with Gasteiger partial charge in [-0.2, -0.15) is 0 Å². The molecule has 1 heterocycles. The lowest BCUT2D eigenvalue weighted by Crippen LogP contribution is -2.08. The summed E-state index contributed by atoms with van der Waals surface area (Å²) in [5, 5.41) is 11.9. The molecule has 0 saturated carbocycles. The molecule has 0 fully saturated rings.